The zero-order chi connectivity index (χ0) is 22.3. The molecule has 2 aliphatic heterocycles. The Hall–Kier alpha value is -2.92. The van der Waals surface area contributed by atoms with Gasteiger partial charge in [-0.25, -0.2) is 14.4 Å². The van der Waals surface area contributed by atoms with Crippen molar-refractivity contribution in [1.29, 1.82) is 0 Å². The molecule has 6 nitrogen and oxygen atoms in total. The van der Waals surface area contributed by atoms with Crippen LogP contribution in [0.4, 0.5) is 21.6 Å². The average molecular weight is 452 g/mol. The van der Waals surface area contributed by atoms with Gasteiger partial charge in [0.1, 0.15) is 12.1 Å². The minimum absolute atomic E-state index is 0.0363. The molecule has 0 radical (unpaired) electrons. The summed E-state index contributed by atoms with van der Waals surface area (Å²) in [6.45, 7) is 5.80. The van der Waals surface area contributed by atoms with E-state index in [-0.39, 0.29) is 16.1 Å². The van der Waals surface area contributed by atoms with E-state index in [4.69, 9.17) is 22.1 Å². The third-order valence-corrected chi connectivity index (χ3v) is 6.44. The van der Waals surface area contributed by atoms with Crippen LogP contribution in [-0.4, -0.2) is 47.2 Å². The number of rotatable bonds is 3. The van der Waals surface area contributed by atoms with Crippen molar-refractivity contribution in [3.63, 3.8) is 0 Å². The number of anilines is 3. The maximum atomic E-state index is 14.3. The summed E-state index contributed by atoms with van der Waals surface area (Å²) < 4.78 is 19.6. The van der Waals surface area contributed by atoms with Gasteiger partial charge in [0.15, 0.2) is 5.82 Å². The lowest BCUT2D eigenvalue weighted by Crippen LogP contribution is -2.48. The van der Waals surface area contributed by atoms with Crippen LogP contribution in [0.1, 0.15) is 18.9 Å². The van der Waals surface area contributed by atoms with Crippen LogP contribution in [0.25, 0.3) is 10.9 Å². The van der Waals surface area contributed by atoms with Crippen molar-refractivity contribution < 1.29 is 9.13 Å². The molecular weight excluding hydrogens is 429 g/mol. The van der Waals surface area contributed by atoms with Crippen LogP contribution in [0.3, 0.4) is 0 Å². The van der Waals surface area contributed by atoms with Crippen molar-refractivity contribution in [2.45, 2.75) is 19.4 Å². The summed E-state index contributed by atoms with van der Waals surface area (Å²) in [5, 5.41) is 3.71. The fourth-order valence-corrected chi connectivity index (χ4v) is 4.29. The van der Waals surface area contributed by atoms with Crippen LogP contribution in [0.15, 0.2) is 36.7 Å². The van der Waals surface area contributed by atoms with Gasteiger partial charge in [-0.1, -0.05) is 29.5 Å². The lowest BCUT2D eigenvalue weighted by Gasteiger charge is -2.35. The van der Waals surface area contributed by atoms with Gasteiger partial charge in [-0.2, -0.15) is 0 Å². The number of halogens is 2. The molecule has 3 heterocycles. The predicted octanol–water partition coefficient (Wildman–Crippen LogP) is 4.21. The Kier molecular flexibility index (Phi) is 5.38. The second-order valence-electron chi connectivity index (χ2n) is 8.63. The molecule has 2 fully saturated rings. The number of aromatic nitrogens is 2. The fourth-order valence-electron chi connectivity index (χ4n) is 4.12. The van der Waals surface area contributed by atoms with Crippen LogP contribution in [-0.2, 0) is 4.74 Å². The molecule has 2 aromatic carbocycles. The van der Waals surface area contributed by atoms with Gasteiger partial charge in [0.25, 0.3) is 0 Å². The zero-order valence-electron chi connectivity index (χ0n) is 17.7. The number of nitrogen functional groups attached to an aromatic ring is 1. The standard InChI is InChI=1S/C24H23ClFN5O/c1-24(7-8-31(13-24)16-11-32-12-16)6-5-15-9-21-17(10-19(15)27)23(29-14-28-21)30-20-4-2-3-18(25)22(20)26/h2-4,9-10,14,16H,7-8,11-13,27H2,1H3,(H,28,29,30)/t24-/m0/s1. The summed E-state index contributed by atoms with van der Waals surface area (Å²) in [5.41, 5.74) is 8.40. The smallest absolute Gasteiger partial charge is 0.165 e. The van der Waals surface area contributed by atoms with Gasteiger partial charge >= 0.3 is 0 Å². The highest BCUT2D eigenvalue weighted by atomic mass is 35.5. The number of benzene rings is 2. The molecule has 1 atom stereocenters. The number of nitrogens with zero attached hydrogens (tertiary/aromatic N) is 3. The molecule has 0 amide bonds. The highest BCUT2D eigenvalue weighted by molar-refractivity contribution is 6.31. The van der Waals surface area contributed by atoms with Crippen LogP contribution < -0.4 is 11.1 Å². The van der Waals surface area contributed by atoms with E-state index in [1.165, 1.54) is 12.4 Å². The van der Waals surface area contributed by atoms with Gasteiger partial charge in [-0.15, -0.1) is 0 Å². The van der Waals surface area contributed by atoms with Crippen molar-refractivity contribution in [3.05, 3.63) is 53.1 Å². The summed E-state index contributed by atoms with van der Waals surface area (Å²) in [6, 6.07) is 8.92. The van der Waals surface area contributed by atoms with Crippen molar-refractivity contribution in [2.75, 3.05) is 37.4 Å². The van der Waals surface area contributed by atoms with Crippen LogP contribution in [0, 0.1) is 23.1 Å². The predicted molar refractivity (Wildman–Crippen MR) is 124 cm³/mol. The molecule has 0 aliphatic carbocycles. The Morgan fingerprint density at radius 2 is 2.16 bits per heavy atom. The summed E-state index contributed by atoms with van der Waals surface area (Å²) in [4.78, 5) is 11.1. The molecule has 1 aromatic heterocycles. The second-order valence-corrected chi connectivity index (χ2v) is 9.03. The number of likely N-dealkylation sites (tertiary alicyclic amines) is 1. The Balaban J connectivity index is 1.43. The summed E-state index contributed by atoms with van der Waals surface area (Å²) in [5.74, 6) is 6.63. The first-order valence-electron chi connectivity index (χ1n) is 10.5. The lowest BCUT2D eigenvalue weighted by molar-refractivity contribution is -0.0587. The van der Waals surface area contributed by atoms with Crippen LogP contribution >= 0.6 is 11.6 Å². The van der Waals surface area contributed by atoms with E-state index < -0.39 is 5.82 Å². The van der Waals surface area contributed by atoms with Crippen LogP contribution in [0.2, 0.25) is 5.02 Å². The van der Waals surface area contributed by atoms with E-state index in [9.17, 15) is 4.39 Å². The molecule has 0 bridgehead atoms. The molecule has 3 N–H and O–H groups in total. The monoisotopic (exact) mass is 451 g/mol. The maximum Gasteiger partial charge on any atom is 0.165 e. The molecule has 5 rings (SSSR count). The summed E-state index contributed by atoms with van der Waals surface area (Å²) in [7, 11) is 0. The van der Waals surface area contributed by atoms with E-state index in [1.54, 1.807) is 18.2 Å². The largest absolute Gasteiger partial charge is 0.398 e. The molecule has 3 aromatic rings. The van der Waals surface area contributed by atoms with Crippen molar-refractivity contribution in [3.8, 4) is 11.8 Å². The minimum atomic E-state index is -0.538. The van der Waals surface area contributed by atoms with Gasteiger partial charge in [0.05, 0.1) is 35.5 Å². The van der Waals surface area contributed by atoms with Crippen molar-refractivity contribution >= 4 is 39.7 Å². The second kappa shape index (κ2) is 8.21. The van der Waals surface area contributed by atoms with E-state index in [1.807, 2.05) is 6.07 Å². The van der Waals surface area contributed by atoms with E-state index in [0.29, 0.717) is 28.5 Å². The van der Waals surface area contributed by atoms with E-state index in [2.05, 4.69) is 38.9 Å². The topological polar surface area (TPSA) is 76.3 Å². The molecule has 8 heteroatoms. The molecule has 2 saturated heterocycles. The Bertz CT molecular complexity index is 1250. The molecule has 164 valence electrons. The first-order valence-corrected chi connectivity index (χ1v) is 10.9. The van der Waals surface area contributed by atoms with Gasteiger partial charge in [-0.3, -0.25) is 4.90 Å². The lowest BCUT2D eigenvalue weighted by atomic mass is 9.90. The number of nitrogens with two attached hydrogens (primary N) is 1. The normalized spacial score (nSPS) is 21.2. The molecule has 0 unspecified atom stereocenters. The molecular formula is C24H23ClFN5O. The van der Waals surface area contributed by atoms with Crippen molar-refractivity contribution in [1.82, 2.24) is 14.9 Å². The highest BCUT2D eigenvalue weighted by Gasteiger charge is 2.38. The first kappa shape index (κ1) is 21.0. The van der Waals surface area contributed by atoms with Gasteiger partial charge < -0.3 is 15.8 Å². The first-order chi connectivity index (χ1) is 15.4. The molecule has 0 spiro atoms. The van der Waals surface area contributed by atoms with Crippen LogP contribution in [0.5, 0.6) is 0 Å². The number of hydrogen-bond donors (Lipinski definition) is 2. The Morgan fingerprint density at radius 1 is 1.31 bits per heavy atom. The summed E-state index contributed by atoms with van der Waals surface area (Å²) >= 11 is 5.89. The van der Waals surface area contributed by atoms with E-state index >= 15 is 0 Å². The van der Waals surface area contributed by atoms with Crippen molar-refractivity contribution in [2.24, 2.45) is 5.41 Å². The molecule has 0 saturated carbocycles. The van der Waals surface area contributed by atoms with Gasteiger partial charge in [-0.05, 0) is 37.6 Å². The zero-order valence-corrected chi connectivity index (χ0v) is 18.4. The van der Waals surface area contributed by atoms with Gasteiger partial charge in [0.2, 0.25) is 0 Å². The fraction of sp³-hybridized carbons (Fsp3) is 0.333. The Morgan fingerprint density at radius 3 is 2.94 bits per heavy atom. The quantitative estimate of drug-likeness (QED) is 0.459. The third kappa shape index (κ3) is 3.97. The van der Waals surface area contributed by atoms with Gasteiger partial charge in [0, 0.05) is 35.1 Å². The number of hydrogen-bond acceptors (Lipinski definition) is 6. The maximum absolute atomic E-state index is 14.3. The summed E-state index contributed by atoms with van der Waals surface area (Å²) in [6.07, 6.45) is 2.45. The third-order valence-electron chi connectivity index (χ3n) is 6.15. The number of fused-ring (bicyclic) bond motifs is 1. The SMILES string of the molecule is C[C@]1(C#Cc2cc3ncnc(Nc4cccc(Cl)c4F)c3cc2N)CCN(C2COC2)C1. The number of nitrogens with one attached hydrogen (secondary N) is 1. The molecule has 2 aliphatic rings. The number of ether oxygens (including phenoxy) is 1. The minimum Gasteiger partial charge on any atom is -0.398 e. The average Bonchev–Trinajstić information content (AvgIpc) is 3.11. The Labute approximate surface area is 190 Å². The highest BCUT2D eigenvalue weighted by Crippen LogP contribution is 2.33. The van der Waals surface area contributed by atoms with E-state index in [0.717, 1.165) is 38.3 Å². The molecule has 32 heavy (non-hydrogen) atoms.